The first-order chi connectivity index (χ1) is 11.5. The standard InChI is InChI=1S/C18H18N4O2/c1-10-6-7-15(13-5-4-8-19-17(10)13)22-16(23)9-14-11(2)20-12(3)21-18(14)24/h4-8H,9H2,1-3H3,(H,22,23)(H,20,21,24). The summed E-state index contributed by atoms with van der Waals surface area (Å²) in [6.07, 6.45) is 1.70. The molecule has 3 rings (SSSR count). The van der Waals surface area contributed by atoms with E-state index in [1.807, 2.05) is 31.2 Å². The molecule has 3 aromatic rings. The van der Waals surface area contributed by atoms with Crippen molar-refractivity contribution in [3.05, 3.63) is 63.5 Å². The van der Waals surface area contributed by atoms with E-state index in [9.17, 15) is 9.59 Å². The minimum Gasteiger partial charge on any atom is -0.325 e. The number of rotatable bonds is 3. The van der Waals surface area contributed by atoms with E-state index in [1.54, 1.807) is 20.0 Å². The number of carbonyl (C=O) groups is 1. The minimum atomic E-state index is -0.273. The summed E-state index contributed by atoms with van der Waals surface area (Å²) in [6, 6.07) is 7.50. The number of nitrogens with zero attached hydrogens (tertiary/aromatic N) is 2. The number of hydrogen-bond acceptors (Lipinski definition) is 4. The van der Waals surface area contributed by atoms with E-state index in [4.69, 9.17) is 0 Å². The molecule has 1 aromatic carbocycles. The number of H-pyrrole nitrogens is 1. The van der Waals surface area contributed by atoms with E-state index in [1.165, 1.54) is 0 Å². The normalized spacial score (nSPS) is 10.8. The summed E-state index contributed by atoms with van der Waals surface area (Å²) < 4.78 is 0. The van der Waals surface area contributed by atoms with Crippen molar-refractivity contribution in [1.82, 2.24) is 15.0 Å². The number of anilines is 1. The number of carbonyl (C=O) groups excluding carboxylic acids is 1. The van der Waals surface area contributed by atoms with Crippen LogP contribution in [0.25, 0.3) is 10.9 Å². The molecule has 0 saturated carbocycles. The number of amides is 1. The van der Waals surface area contributed by atoms with E-state index in [-0.39, 0.29) is 17.9 Å². The predicted octanol–water partition coefficient (Wildman–Crippen LogP) is 2.42. The highest BCUT2D eigenvalue weighted by Gasteiger charge is 2.13. The Balaban J connectivity index is 1.89. The zero-order valence-electron chi connectivity index (χ0n) is 13.8. The molecule has 6 heteroatoms. The average molecular weight is 322 g/mol. The molecule has 0 saturated heterocycles. The highest BCUT2D eigenvalue weighted by atomic mass is 16.2. The van der Waals surface area contributed by atoms with E-state index < -0.39 is 0 Å². The lowest BCUT2D eigenvalue weighted by atomic mass is 10.1. The molecule has 0 radical (unpaired) electrons. The van der Waals surface area contributed by atoms with Gasteiger partial charge in [-0.15, -0.1) is 0 Å². The Bertz CT molecular complexity index is 992. The fraction of sp³-hybridized carbons (Fsp3) is 0.222. The van der Waals surface area contributed by atoms with Crippen molar-refractivity contribution < 1.29 is 4.79 Å². The fourth-order valence-electron chi connectivity index (χ4n) is 2.74. The molecule has 122 valence electrons. The van der Waals surface area contributed by atoms with Crippen LogP contribution in [0.15, 0.2) is 35.3 Å². The smallest absolute Gasteiger partial charge is 0.254 e. The number of aromatic nitrogens is 3. The second kappa shape index (κ2) is 6.23. The third kappa shape index (κ3) is 3.03. The van der Waals surface area contributed by atoms with Crippen molar-refractivity contribution in [3.8, 4) is 0 Å². The van der Waals surface area contributed by atoms with Crippen molar-refractivity contribution in [2.24, 2.45) is 0 Å². The number of hydrogen-bond donors (Lipinski definition) is 2. The molecule has 0 aliphatic rings. The summed E-state index contributed by atoms with van der Waals surface area (Å²) in [5.41, 5.74) is 3.25. The molecule has 0 aliphatic heterocycles. The van der Waals surface area contributed by atoms with E-state index in [0.29, 0.717) is 22.8 Å². The largest absolute Gasteiger partial charge is 0.325 e. The third-order valence-corrected chi connectivity index (χ3v) is 3.92. The Morgan fingerprint density at radius 3 is 2.75 bits per heavy atom. The molecule has 0 aliphatic carbocycles. The molecule has 2 N–H and O–H groups in total. The van der Waals surface area contributed by atoms with E-state index >= 15 is 0 Å². The molecule has 0 bridgehead atoms. The van der Waals surface area contributed by atoms with Gasteiger partial charge in [-0.25, -0.2) is 4.98 Å². The van der Waals surface area contributed by atoms with E-state index in [0.717, 1.165) is 16.5 Å². The first kappa shape index (κ1) is 15.9. The van der Waals surface area contributed by atoms with Crippen molar-refractivity contribution in [1.29, 1.82) is 0 Å². The molecule has 2 heterocycles. The van der Waals surface area contributed by atoms with Crippen LogP contribution < -0.4 is 10.9 Å². The van der Waals surface area contributed by atoms with Crippen LogP contribution in [-0.4, -0.2) is 20.9 Å². The Kier molecular flexibility index (Phi) is 4.12. The van der Waals surface area contributed by atoms with Crippen LogP contribution in [0.3, 0.4) is 0 Å². The zero-order valence-corrected chi connectivity index (χ0v) is 13.8. The lowest BCUT2D eigenvalue weighted by Crippen LogP contribution is -2.24. The summed E-state index contributed by atoms with van der Waals surface area (Å²) in [5.74, 6) is 0.278. The minimum absolute atomic E-state index is 0.0237. The molecular formula is C18H18N4O2. The highest BCUT2D eigenvalue weighted by Crippen LogP contribution is 2.24. The summed E-state index contributed by atoms with van der Waals surface area (Å²) in [6.45, 7) is 5.42. The topological polar surface area (TPSA) is 87.7 Å². The second-order valence-electron chi connectivity index (χ2n) is 5.77. The molecule has 2 aromatic heterocycles. The number of benzene rings is 1. The van der Waals surface area contributed by atoms with Crippen molar-refractivity contribution >= 4 is 22.5 Å². The zero-order chi connectivity index (χ0) is 17.3. The van der Waals surface area contributed by atoms with Gasteiger partial charge in [0.15, 0.2) is 0 Å². The maximum atomic E-state index is 12.4. The van der Waals surface area contributed by atoms with Crippen LogP contribution in [0.4, 0.5) is 5.69 Å². The van der Waals surface area contributed by atoms with Crippen LogP contribution in [0.1, 0.15) is 22.6 Å². The molecule has 24 heavy (non-hydrogen) atoms. The van der Waals surface area contributed by atoms with Crippen molar-refractivity contribution in [3.63, 3.8) is 0 Å². The second-order valence-corrected chi connectivity index (χ2v) is 5.77. The first-order valence-electron chi connectivity index (χ1n) is 7.66. The molecule has 0 atom stereocenters. The van der Waals surface area contributed by atoms with Gasteiger partial charge in [0, 0.05) is 22.8 Å². The van der Waals surface area contributed by atoms with Crippen LogP contribution in [0, 0.1) is 20.8 Å². The summed E-state index contributed by atoms with van der Waals surface area (Å²) in [7, 11) is 0. The number of pyridine rings is 1. The number of nitrogens with one attached hydrogen (secondary N) is 2. The molecule has 0 spiro atoms. The van der Waals surface area contributed by atoms with Gasteiger partial charge in [-0.2, -0.15) is 0 Å². The Morgan fingerprint density at radius 2 is 2.00 bits per heavy atom. The van der Waals surface area contributed by atoms with Gasteiger partial charge in [-0.3, -0.25) is 14.6 Å². The van der Waals surface area contributed by atoms with Gasteiger partial charge in [0.2, 0.25) is 5.91 Å². The predicted molar refractivity (Wildman–Crippen MR) is 93.1 cm³/mol. The van der Waals surface area contributed by atoms with Crippen molar-refractivity contribution in [2.75, 3.05) is 5.32 Å². The third-order valence-electron chi connectivity index (χ3n) is 3.92. The highest BCUT2D eigenvalue weighted by molar-refractivity contribution is 6.02. The van der Waals surface area contributed by atoms with E-state index in [2.05, 4.69) is 20.3 Å². The van der Waals surface area contributed by atoms with Crippen LogP contribution in [-0.2, 0) is 11.2 Å². The number of aryl methyl sites for hydroxylation is 3. The maximum Gasteiger partial charge on any atom is 0.254 e. The van der Waals surface area contributed by atoms with Crippen LogP contribution >= 0.6 is 0 Å². The van der Waals surface area contributed by atoms with Gasteiger partial charge in [0.1, 0.15) is 5.82 Å². The monoisotopic (exact) mass is 322 g/mol. The summed E-state index contributed by atoms with van der Waals surface area (Å²) >= 11 is 0. The van der Waals surface area contributed by atoms with Gasteiger partial charge in [0.25, 0.3) is 5.56 Å². The number of aromatic amines is 1. The van der Waals surface area contributed by atoms with Gasteiger partial charge >= 0.3 is 0 Å². The van der Waals surface area contributed by atoms with Gasteiger partial charge in [-0.1, -0.05) is 6.07 Å². The van der Waals surface area contributed by atoms with Crippen LogP contribution in [0.5, 0.6) is 0 Å². The average Bonchev–Trinajstić information content (AvgIpc) is 2.54. The lowest BCUT2D eigenvalue weighted by Gasteiger charge is -2.10. The fourth-order valence-corrected chi connectivity index (χ4v) is 2.74. The molecule has 0 fully saturated rings. The SMILES string of the molecule is Cc1nc(C)c(CC(=O)Nc2ccc(C)c3ncccc23)c(=O)[nH]1. The molecule has 1 amide bonds. The number of fused-ring (bicyclic) bond motifs is 1. The quantitative estimate of drug-likeness (QED) is 0.775. The molecular weight excluding hydrogens is 304 g/mol. The Labute approximate surface area is 139 Å². The first-order valence-corrected chi connectivity index (χ1v) is 7.66. The van der Waals surface area contributed by atoms with Crippen LogP contribution in [0.2, 0.25) is 0 Å². The lowest BCUT2D eigenvalue weighted by molar-refractivity contribution is -0.115. The van der Waals surface area contributed by atoms with Gasteiger partial charge < -0.3 is 10.3 Å². The molecule has 6 nitrogen and oxygen atoms in total. The van der Waals surface area contributed by atoms with Gasteiger partial charge in [-0.05, 0) is 44.5 Å². The Hall–Kier alpha value is -3.02. The van der Waals surface area contributed by atoms with Gasteiger partial charge in [0.05, 0.1) is 17.6 Å². The Morgan fingerprint density at radius 1 is 1.21 bits per heavy atom. The molecule has 0 unspecified atom stereocenters. The van der Waals surface area contributed by atoms with Crippen molar-refractivity contribution in [2.45, 2.75) is 27.2 Å². The summed E-state index contributed by atoms with van der Waals surface area (Å²) in [5, 5.41) is 3.74. The maximum absolute atomic E-state index is 12.4. The summed E-state index contributed by atoms with van der Waals surface area (Å²) in [4.78, 5) is 35.6.